The molecule has 2 heterocycles. The van der Waals surface area contributed by atoms with Gasteiger partial charge in [-0.15, -0.1) is 0 Å². The minimum atomic E-state index is -0.132. The van der Waals surface area contributed by atoms with E-state index < -0.39 is 0 Å². The van der Waals surface area contributed by atoms with Gasteiger partial charge in [0, 0.05) is 19.0 Å². The summed E-state index contributed by atoms with van der Waals surface area (Å²) in [5.41, 5.74) is 8.47. The van der Waals surface area contributed by atoms with Crippen LogP contribution < -0.4 is 5.73 Å². The number of piperidine rings is 1. The van der Waals surface area contributed by atoms with Gasteiger partial charge in [0.2, 0.25) is 0 Å². The Kier molecular flexibility index (Phi) is 4.07. The molecule has 22 heavy (non-hydrogen) atoms. The van der Waals surface area contributed by atoms with Gasteiger partial charge in [-0.3, -0.25) is 9.89 Å². The number of H-pyrrole nitrogens is 1. The van der Waals surface area contributed by atoms with Crippen LogP contribution in [0.5, 0.6) is 0 Å². The third-order valence-corrected chi connectivity index (χ3v) is 4.67. The van der Waals surface area contributed by atoms with Gasteiger partial charge < -0.3 is 10.6 Å². The molecule has 1 atom stereocenters. The first-order valence-corrected chi connectivity index (χ1v) is 7.80. The molecule has 1 amide bonds. The summed E-state index contributed by atoms with van der Waals surface area (Å²) in [6, 6.07) is 8.35. The van der Waals surface area contributed by atoms with Crippen LogP contribution in [-0.4, -0.2) is 34.1 Å². The van der Waals surface area contributed by atoms with Gasteiger partial charge >= 0.3 is 0 Å². The summed E-state index contributed by atoms with van der Waals surface area (Å²) >= 11 is 6.04. The van der Waals surface area contributed by atoms with Crippen molar-refractivity contribution in [2.75, 3.05) is 18.8 Å². The molecule has 3 N–H and O–H groups in total. The first-order valence-electron chi connectivity index (χ1n) is 7.42. The van der Waals surface area contributed by atoms with Crippen LogP contribution in [0.2, 0.25) is 5.02 Å². The molecule has 0 aliphatic carbocycles. The van der Waals surface area contributed by atoms with Gasteiger partial charge in [0.1, 0.15) is 10.7 Å². The normalized spacial score (nSPS) is 18.5. The molecule has 1 aliphatic heterocycles. The number of likely N-dealkylation sites (tertiary alicyclic amines) is 1. The van der Waals surface area contributed by atoms with Gasteiger partial charge in [-0.05, 0) is 30.9 Å². The molecule has 6 heteroatoms. The maximum atomic E-state index is 12.6. The van der Waals surface area contributed by atoms with Crippen LogP contribution in [0.3, 0.4) is 0 Å². The lowest BCUT2D eigenvalue weighted by atomic mass is 9.88. The highest BCUT2D eigenvalue weighted by Crippen LogP contribution is 2.30. The Hall–Kier alpha value is -2.01. The summed E-state index contributed by atoms with van der Waals surface area (Å²) < 4.78 is 0. The van der Waals surface area contributed by atoms with Crippen molar-refractivity contribution < 1.29 is 4.79 Å². The Bertz CT molecular complexity index is 697. The molecule has 0 bridgehead atoms. The topological polar surface area (TPSA) is 75.0 Å². The minimum Gasteiger partial charge on any atom is -0.381 e. The molecule has 0 radical (unpaired) electrons. The van der Waals surface area contributed by atoms with E-state index in [1.807, 2.05) is 11.0 Å². The Morgan fingerprint density at radius 3 is 2.91 bits per heavy atom. The fraction of sp³-hybridized carbons (Fsp3) is 0.375. The van der Waals surface area contributed by atoms with E-state index >= 15 is 0 Å². The van der Waals surface area contributed by atoms with Gasteiger partial charge in [-0.2, -0.15) is 5.10 Å². The number of amides is 1. The second-order valence-electron chi connectivity index (χ2n) is 5.74. The highest BCUT2D eigenvalue weighted by atomic mass is 35.5. The van der Waals surface area contributed by atoms with Crippen molar-refractivity contribution in [3.05, 3.63) is 46.1 Å². The summed E-state index contributed by atoms with van der Waals surface area (Å²) in [7, 11) is 0. The predicted octanol–water partition coefficient (Wildman–Crippen LogP) is 2.97. The number of anilines is 1. The van der Waals surface area contributed by atoms with E-state index in [0.717, 1.165) is 19.4 Å². The van der Waals surface area contributed by atoms with Crippen LogP contribution in [0, 0.1) is 6.92 Å². The number of nitrogen functional groups attached to an aromatic ring is 1. The number of aromatic nitrogens is 2. The molecular formula is C16H19ClN4O. The van der Waals surface area contributed by atoms with Crippen molar-refractivity contribution in [2.24, 2.45) is 0 Å². The fourth-order valence-corrected chi connectivity index (χ4v) is 3.27. The quantitative estimate of drug-likeness (QED) is 0.894. The van der Waals surface area contributed by atoms with E-state index in [0.29, 0.717) is 12.5 Å². The molecule has 1 aliphatic rings. The van der Waals surface area contributed by atoms with E-state index in [1.54, 1.807) is 0 Å². The van der Waals surface area contributed by atoms with E-state index in [4.69, 9.17) is 17.3 Å². The number of aryl methyl sites for hydroxylation is 1. The SMILES string of the molecule is Cc1ccccc1C1CCCN(C(=O)c2[nH]nc(N)c2Cl)C1. The van der Waals surface area contributed by atoms with Crippen LogP contribution in [0.4, 0.5) is 5.82 Å². The highest BCUT2D eigenvalue weighted by Gasteiger charge is 2.28. The molecule has 1 aromatic heterocycles. The third-order valence-electron chi connectivity index (χ3n) is 4.28. The molecule has 1 aromatic carbocycles. The van der Waals surface area contributed by atoms with E-state index in [9.17, 15) is 4.79 Å². The number of nitrogens with one attached hydrogen (secondary N) is 1. The van der Waals surface area contributed by atoms with Gasteiger partial charge in [0.15, 0.2) is 5.82 Å². The smallest absolute Gasteiger partial charge is 0.273 e. The Morgan fingerprint density at radius 1 is 1.45 bits per heavy atom. The number of nitrogens with zero attached hydrogens (tertiary/aromatic N) is 2. The maximum Gasteiger partial charge on any atom is 0.273 e. The highest BCUT2D eigenvalue weighted by molar-refractivity contribution is 6.35. The first-order chi connectivity index (χ1) is 10.6. The number of carbonyl (C=O) groups is 1. The molecule has 2 aromatic rings. The van der Waals surface area contributed by atoms with Crippen molar-refractivity contribution in [3.63, 3.8) is 0 Å². The zero-order valence-corrected chi connectivity index (χ0v) is 13.2. The monoisotopic (exact) mass is 318 g/mol. The zero-order chi connectivity index (χ0) is 15.7. The average Bonchev–Trinajstić information content (AvgIpc) is 2.87. The minimum absolute atomic E-state index is 0.132. The molecular weight excluding hydrogens is 300 g/mol. The summed E-state index contributed by atoms with van der Waals surface area (Å²) in [6.07, 6.45) is 2.07. The van der Waals surface area contributed by atoms with Crippen LogP contribution in [-0.2, 0) is 0 Å². The Labute approximate surface area is 134 Å². The number of benzene rings is 1. The van der Waals surface area contributed by atoms with Crippen molar-refractivity contribution in [2.45, 2.75) is 25.7 Å². The lowest BCUT2D eigenvalue weighted by Gasteiger charge is -2.33. The Balaban J connectivity index is 1.80. The van der Waals surface area contributed by atoms with Gasteiger partial charge in [-0.25, -0.2) is 0 Å². The van der Waals surface area contributed by atoms with Gasteiger partial charge in [0.25, 0.3) is 5.91 Å². The summed E-state index contributed by atoms with van der Waals surface area (Å²) in [5, 5.41) is 6.65. The fourth-order valence-electron chi connectivity index (χ4n) is 3.10. The van der Waals surface area contributed by atoms with Crippen LogP contribution >= 0.6 is 11.6 Å². The third kappa shape index (κ3) is 2.68. The molecule has 116 valence electrons. The first kappa shape index (κ1) is 14.9. The van der Waals surface area contributed by atoms with Crippen LogP contribution in [0.1, 0.15) is 40.4 Å². The van der Waals surface area contributed by atoms with Crippen molar-refractivity contribution >= 4 is 23.3 Å². The summed E-state index contributed by atoms with van der Waals surface area (Å²) in [6.45, 7) is 3.54. The Morgan fingerprint density at radius 2 is 2.23 bits per heavy atom. The summed E-state index contributed by atoms with van der Waals surface area (Å²) in [5.74, 6) is 0.392. The second kappa shape index (κ2) is 6.01. The molecule has 5 nitrogen and oxygen atoms in total. The number of hydrogen-bond acceptors (Lipinski definition) is 3. The maximum absolute atomic E-state index is 12.6. The number of rotatable bonds is 2. The number of hydrogen-bond donors (Lipinski definition) is 2. The van der Waals surface area contributed by atoms with Crippen LogP contribution in [0.25, 0.3) is 0 Å². The average molecular weight is 319 g/mol. The molecule has 3 rings (SSSR count). The van der Waals surface area contributed by atoms with E-state index in [1.165, 1.54) is 11.1 Å². The van der Waals surface area contributed by atoms with Crippen LogP contribution in [0.15, 0.2) is 24.3 Å². The van der Waals surface area contributed by atoms with Crippen molar-refractivity contribution in [3.8, 4) is 0 Å². The number of nitrogens with two attached hydrogens (primary N) is 1. The van der Waals surface area contributed by atoms with E-state index in [-0.39, 0.29) is 22.4 Å². The second-order valence-corrected chi connectivity index (χ2v) is 6.12. The lowest BCUT2D eigenvalue weighted by molar-refractivity contribution is 0.0701. The van der Waals surface area contributed by atoms with Gasteiger partial charge in [0.05, 0.1) is 0 Å². The van der Waals surface area contributed by atoms with E-state index in [2.05, 4.69) is 35.3 Å². The molecule has 0 saturated carbocycles. The van der Waals surface area contributed by atoms with Gasteiger partial charge in [-0.1, -0.05) is 35.9 Å². The summed E-state index contributed by atoms with van der Waals surface area (Å²) in [4.78, 5) is 14.4. The molecule has 1 saturated heterocycles. The molecule has 1 unspecified atom stereocenters. The number of carbonyl (C=O) groups excluding carboxylic acids is 1. The predicted molar refractivity (Wildman–Crippen MR) is 87.1 cm³/mol. The lowest BCUT2D eigenvalue weighted by Crippen LogP contribution is -2.39. The largest absolute Gasteiger partial charge is 0.381 e. The number of aromatic amines is 1. The van der Waals surface area contributed by atoms with Crippen molar-refractivity contribution in [1.29, 1.82) is 0 Å². The standard InChI is InChI=1S/C16H19ClN4O/c1-10-5-2-3-7-12(10)11-6-4-8-21(9-11)16(22)14-13(17)15(18)20-19-14/h2-3,5,7,11H,4,6,8-9H2,1H3,(H3,18,19,20). The van der Waals surface area contributed by atoms with Crippen molar-refractivity contribution in [1.82, 2.24) is 15.1 Å². The molecule has 0 spiro atoms. The molecule has 1 fully saturated rings. The zero-order valence-electron chi connectivity index (χ0n) is 12.5. The number of halogens is 1.